The molecule has 1 aromatic carbocycles. The van der Waals surface area contributed by atoms with Crippen LogP contribution in [0.4, 0.5) is 4.39 Å². The predicted octanol–water partition coefficient (Wildman–Crippen LogP) is 3.84. The minimum absolute atomic E-state index is 0.331. The molecule has 3 aromatic rings. The zero-order chi connectivity index (χ0) is 17.7. The standard InChI is InChI=1S/C18H21ClFN5/c1-11(2)24-8-5-9-25-14(10-24)15(19)17(22-25)18-21-16-12(20)6-4-7-13(16)23(18)3/h4,6-7,11H,5,8-10H2,1-3H3. The van der Waals surface area contributed by atoms with Crippen LogP contribution in [-0.4, -0.2) is 36.8 Å². The number of hydrogen-bond donors (Lipinski definition) is 0. The third-order valence-corrected chi connectivity index (χ3v) is 5.36. The van der Waals surface area contributed by atoms with Crippen molar-refractivity contribution >= 4 is 22.6 Å². The van der Waals surface area contributed by atoms with Crippen LogP contribution in [0, 0.1) is 5.82 Å². The molecular formula is C18H21ClFN5. The molecule has 0 atom stereocenters. The van der Waals surface area contributed by atoms with Gasteiger partial charge in [-0.15, -0.1) is 0 Å². The highest BCUT2D eigenvalue weighted by Crippen LogP contribution is 2.33. The monoisotopic (exact) mass is 361 g/mol. The van der Waals surface area contributed by atoms with E-state index < -0.39 is 0 Å². The van der Waals surface area contributed by atoms with E-state index in [-0.39, 0.29) is 5.82 Å². The molecular weight excluding hydrogens is 341 g/mol. The van der Waals surface area contributed by atoms with Crippen molar-refractivity contribution in [2.45, 2.75) is 39.4 Å². The first-order valence-electron chi connectivity index (χ1n) is 8.58. The minimum Gasteiger partial charge on any atom is -0.326 e. The molecule has 132 valence electrons. The zero-order valence-electron chi connectivity index (χ0n) is 14.6. The Labute approximate surface area is 151 Å². The van der Waals surface area contributed by atoms with Gasteiger partial charge >= 0.3 is 0 Å². The fourth-order valence-corrected chi connectivity index (χ4v) is 3.76. The Hall–Kier alpha value is -1.92. The first-order valence-corrected chi connectivity index (χ1v) is 8.95. The van der Waals surface area contributed by atoms with E-state index in [1.165, 1.54) is 6.07 Å². The molecule has 1 aliphatic heterocycles. The van der Waals surface area contributed by atoms with Gasteiger partial charge in [0.2, 0.25) is 0 Å². The highest BCUT2D eigenvalue weighted by molar-refractivity contribution is 6.33. The number of rotatable bonds is 2. The molecule has 0 saturated heterocycles. The summed E-state index contributed by atoms with van der Waals surface area (Å²) in [5, 5.41) is 5.33. The second kappa shape index (κ2) is 6.11. The summed E-state index contributed by atoms with van der Waals surface area (Å²) >= 11 is 6.70. The molecule has 0 fully saturated rings. The lowest BCUT2D eigenvalue weighted by molar-refractivity contribution is 0.216. The molecule has 0 spiro atoms. The van der Waals surface area contributed by atoms with Gasteiger partial charge in [0.1, 0.15) is 11.2 Å². The van der Waals surface area contributed by atoms with Gasteiger partial charge < -0.3 is 4.57 Å². The first kappa shape index (κ1) is 16.5. The van der Waals surface area contributed by atoms with Gasteiger partial charge in [-0.3, -0.25) is 9.58 Å². The van der Waals surface area contributed by atoms with Crippen LogP contribution < -0.4 is 0 Å². The normalized spacial score (nSPS) is 15.8. The number of halogens is 2. The zero-order valence-corrected chi connectivity index (χ0v) is 15.4. The lowest BCUT2D eigenvalue weighted by Gasteiger charge is -2.23. The Morgan fingerprint density at radius 2 is 2.04 bits per heavy atom. The molecule has 2 aromatic heterocycles. The topological polar surface area (TPSA) is 38.9 Å². The second-order valence-corrected chi connectivity index (χ2v) is 7.23. The number of nitrogens with zero attached hydrogens (tertiary/aromatic N) is 5. The van der Waals surface area contributed by atoms with Crippen LogP contribution in [0.3, 0.4) is 0 Å². The average molecular weight is 362 g/mol. The first-order chi connectivity index (χ1) is 12.0. The third kappa shape index (κ3) is 2.64. The van der Waals surface area contributed by atoms with Crippen molar-refractivity contribution in [2.75, 3.05) is 6.54 Å². The van der Waals surface area contributed by atoms with Crippen molar-refractivity contribution in [3.05, 3.63) is 34.7 Å². The molecule has 1 aliphatic rings. The lowest BCUT2D eigenvalue weighted by Crippen LogP contribution is -2.30. The average Bonchev–Trinajstić information content (AvgIpc) is 2.97. The number of para-hydroxylation sites is 1. The van der Waals surface area contributed by atoms with Crippen LogP contribution in [0.1, 0.15) is 26.0 Å². The second-order valence-electron chi connectivity index (χ2n) is 6.85. The SMILES string of the molecule is CC(C)N1CCCn2nc(-c3nc4c(F)cccc4n3C)c(Cl)c2C1. The van der Waals surface area contributed by atoms with Crippen molar-refractivity contribution in [2.24, 2.45) is 7.05 Å². The number of aromatic nitrogens is 4. The molecule has 0 saturated carbocycles. The van der Waals surface area contributed by atoms with E-state index in [9.17, 15) is 4.39 Å². The van der Waals surface area contributed by atoms with E-state index in [2.05, 4.69) is 23.7 Å². The lowest BCUT2D eigenvalue weighted by atomic mass is 10.2. The summed E-state index contributed by atoms with van der Waals surface area (Å²) in [6, 6.07) is 5.41. The van der Waals surface area contributed by atoms with E-state index in [4.69, 9.17) is 16.7 Å². The number of hydrogen-bond acceptors (Lipinski definition) is 3. The highest BCUT2D eigenvalue weighted by Gasteiger charge is 2.26. The molecule has 0 N–H and O–H groups in total. The van der Waals surface area contributed by atoms with E-state index in [0.29, 0.717) is 28.1 Å². The fraction of sp³-hybridized carbons (Fsp3) is 0.444. The van der Waals surface area contributed by atoms with Crippen molar-refractivity contribution in [3.8, 4) is 11.5 Å². The van der Waals surface area contributed by atoms with Crippen molar-refractivity contribution < 1.29 is 4.39 Å². The van der Waals surface area contributed by atoms with Crippen LogP contribution in [0.5, 0.6) is 0 Å². The van der Waals surface area contributed by atoms with E-state index in [1.54, 1.807) is 6.07 Å². The molecule has 5 nitrogen and oxygen atoms in total. The largest absolute Gasteiger partial charge is 0.326 e. The van der Waals surface area contributed by atoms with Gasteiger partial charge in [-0.2, -0.15) is 5.10 Å². The van der Waals surface area contributed by atoms with Crippen LogP contribution in [0.25, 0.3) is 22.6 Å². The predicted molar refractivity (Wildman–Crippen MR) is 97.1 cm³/mol. The Balaban J connectivity index is 1.84. The minimum atomic E-state index is -0.331. The molecule has 3 heterocycles. The van der Waals surface area contributed by atoms with Crippen LogP contribution >= 0.6 is 11.6 Å². The maximum absolute atomic E-state index is 14.1. The van der Waals surface area contributed by atoms with Gasteiger partial charge in [-0.1, -0.05) is 17.7 Å². The van der Waals surface area contributed by atoms with Crippen LogP contribution in [0.2, 0.25) is 5.02 Å². The summed E-state index contributed by atoms with van der Waals surface area (Å²) in [4.78, 5) is 6.87. The highest BCUT2D eigenvalue weighted by atomic mass is 35.5. The van der Waals surface area contributed by atoms with Gasteiger partial charge in [0.15, 0.2) is 11.6 Å². The molecule has 0 bridgehead atoms. The number of aryl methyl sites for hydroxylation is 2. The molecule has 0 unspecified atom stereocenters. The Morgan fingerprint density at radius 3 is 2.76 bits per heavy atom. The Kier molecular flexibility index (Phi) is 4.04. The maximum atomic E-state index is 14.1. The third-order valence-electron chi connectivity index (χ3n) is 4.97. The summed E-state index contributed by atoms with van der Waals surface area (Å²) in [5.41, 5.74) is 2.72. The Morgan fingerprint density at radius 1 is 1.24 bits per heavy atom. The van der Waals surface area contributed by atoms with Gasteiger partial charge in [0.05, 0.1) is 16.2 Å². The smallest absolute Gasteiger partial charge is 0.163 e. The van der Waals surface area contributed by atoms with Gasteiger partial charge in [-0.05, 0) is 32.4 Å². The van der Waals surface area contributed by atoms with Gasteiger partial charge in [0.25, 0.3) is 0 Å². The summed E-state index contributed by atoms with van der Waals surface area (Å²) in [6.45, 7) is 7.01. The van der Waals surface area contributed by atoms with Gasteiger partial charge in [0, 0.05) is 32.7 Å². The summed E-state index contributed by atoms with van der Waals surface area (Å²) in [5.74, 6) is 0.268. The van der Waals surface area contributed by atoms with E-state index in [1.807, 2.05) is 22.4 Å². The molecule has 0 aliphatic carbocycles. The van der Waals surface area contributed by atoms with Gasteiger partial charge in [-0.25, -0.2) is 9.37 Å². The number of fused-ring (bicyclic) bond motifs is 2. The van der Waals surface area contributed by atoms with E-state index >= 15 is 0 Å². The van der Waals surface area contributed by atoms with Crippen molar-refractivity contribution in [3.63, 3.8) is 0 Å². The van der Waals surface area contributed by atoms with Crippen molar-refractivity contribution in [1.82, 2.24) is 24.2 Å². The summed E-state index contributed by atoms with van der Waals surface area (Å²) in [7, 11) is 1.87. The number of imidazole rings is 1. The molecule has 0 amide bonds. The van der Waals surface area contributed by atoms with Crippen LogP contribution in [0.15, 0.2) is 18.2 Å². The number of benzene rings is 1. The maximum Gasteiger partial charge on any atom is 0.163 e. The molecule has 0 radical (unpaired) electrons. The summed E-state index contributed by atoms with van der Waals surface area (Å²) < 4.78 is 17.9. The quantitative estimate of drug-likeness (QED) is 0.696. The van der Waals surface area contributed by atoms with E-state index in [0.717, 1.165) is 37.3 Å². The summed E-state index contributed by atoms with van der Waals surface area (Å²) in [6.07, 6.45) is 1.03. The van der Waals surface area contributed by atoms with Crippen molar-refractivity contribution in [1.29, 1.82) is 0 Å². The molecule has 7 heteroatoms. The fourth-order valence-electron chi connectivity index (χ4n) is 3.48. The molecule has 25 heavy (non-hydrogen) atoms. The Bertz CT molecular complexity index is 943. The molecule has 4 rings (SSSR count). The van der Waals surface area contributed by atoms with Crippen LogP contribution in [-0.2, 0) is 20.1 Å².